The van der Waals surface area contributed by atoms with Crippen molar-refractivity contribution in [3.8, 4) is 0 Å². The zero-order valence-electron chi connectivity index (χ0n) is 8.43. The lowest BCUT2D eigenvalue weighted by molar-refractivity contribution is 1.11. The Bertz CT molecular complexity index is 343. The average Bonchev–Trinajstić information content (AvgIpc) is 2.85. The molecular weight excluding hydrogens is 156 g/mol. The van der Waals surface area contributed by atoms with Gasteiger partial charge in [0.15, 0.2) is 0 Å². The van der Waals surface area contributed by atoms with Gasteiger partial charge in [0.25, 0.3) is 0 Å². The Hall–Kier alpha value is -1.04. The van der Waals surface area contributed by atoms with Gasteiger partial charge in [-0.25, -0.2) is 0 Å². The van der Waals surface area contributed by atoms with Crippen LogP contribution < -0.4 is 0 Å². The van der Waals surface area contributed by atoms with E-state index in [0.717, 1.165) is 5.92 Å². The molecule has 1 aromatic carbocycles. The van der Waals surface area contributed by atoms with E-state index in [1.165, 1.54) is 35.1 Å². The van der Waals surface area contributed by atoms with E-state index in [4.69, 9.17) is 0 Å². The number of aryl methyl sites for hydroxylation is 1. The quantitative estimate of drug-likeness (QED) is 0.634. The molecule has 1 fully saturated rings. The molecule has 2 rings (SSSR count). The fourth-order valence-electron chi connectivity index (χ4n) is 2.01. The first-order chi connectivity index (χ1) is 6.20. The van der Waals surface area contributed by atoms with Gasteiger partial charge in [-0.2, -0.15) is 0 Å². The van der Waals surface area contributed by atoms with E-state index >= 15 is 0 Å². The number of rotatable bonds is 2. The summed E-state index contributed by atoms with van der Waals surface area (Å²) in [5.74, 6) is 0.826. The van der Waals surface area contributed by atoms with Gasteiger partial charge in [-0.3, -0.25) is 0 Å². The summed E-state index contributed by atoms with van der Waals surface area (Å²) >= 11 is 0. The van der Waals surface area contributed by atoms with Crippen molar-refractivity contribution in [1.82, 2.24) is 0 Å². The van der Waals surface area contributed by atoms with Crippen LogP contribution in [-0.2, 0) is 0 Å². The minimum atomic E-state index is 0.826. The van der Waals surface area contributed by atoms with Crippen molar-refractivity contribution in [2.45, 2.75) is 32.6 Å². The molecule has 1 aromatic rings. The van der Waals surface area contributed by atoms with E-state index in [1.807, 2.05) is 0 Å². The Labute approximate surface area is 80.3 Å². The molecule has 0 saturated heterocycles. The minimum absolute atomic E-state index is 0.826. The molecule has 0 aromatic heterocycles. The van der Waals surface area contributed by atoms with Crippen LogP contribution in [0.3, 0.4) is 0 Å². The monoisotopic (exact) mass is 172 g/mol. The summed E-state index contributed by atoms with van der Waals surface area (Å²) in [5, 5.41) is 0. The van der Waals surface area contributed by atoms with Gasteiger partial charge >= 0.3 is 0 Å². The number of benzene rings is 1. The summed E-state index contributed by atoms with van der Waals surface area (Å²) in [7, 11) is 0. The lowest BCUT2D eigenvalue weighted by Crippen LogP contribution is -1.92. The Morgan fingerprint density at radius 1 is 1.38 bits per heavy atom. The molecule has 0 aliphatic heterocycles. The normalized spacial score (nSPS) is 15.8. The molecule has 0 unspecified atom stereocenters. The van der Waals surface area contributed by atoms with Gasteiger partial charge in [-0.15, -0.1) is 0 Å². The lowest BCUT2D eigenvalue weighted by atomic mass is 9.94. The molecule has 13 heavy (non-hydrogen) atoms. The molecule has 0 heterocycles. The van der Waals surface area contributed by atoms with Crippen molar-refractivity contribution in [3.05, 3.63) is 41.5 Å². The van der Waals surface area contributed by atoms with E-state index in [-0.39, 0.29) is 0 Å². The topological polar surface area (TPSA) is 0 Å². The summed E-state index contributed by atoms with van der Waals surface area (Å²) < 4.78 is 0. The van der Waals surface area contributed by atoms with Crippen molar-refractivity contribution in [1.29, 1.82) is 0 Å². The van der Waals surface area contributed by atoms with Crippen LogP contribution in [0.15, 0.2) is 24.8 Å². The number of hydrogen-bond donors (Lipinski definition) is 0. The largest absolute Gasteiger partial charge is 0.0955 e. The molecule has 0 spiro atoms. The van der Waals surface area contributed by atoms with Crippen LogP contribution in [0.5, 0.6) is 0 Å². The molecule has 0 radical (unpaired) electrons. The minimum Gasteiger partial charge on any atom is -0.0955 e. The Kier molecular flexibility index (Phi) is 1.99. The van der Waals surface area contributed by atoms with Gasteiger partial charge in [0.05, 0.1) is 0 Å². The zero-order valence-corrected chi connectivity index (χ0v) is 8.43. The van der Waals surface area contributed by atoms with E-state index in [9.17, 15) is 0 Å². The van der Waals surface area contributed by atoms with Crippen molar-refractivity contribution in [3.63, 3.8) is 0 Å². The van der Waals surface area contributed by atoms with Crippen LogP contribution in [0.25, 0.3) is 5.57 Å². The third-order valence-electron chi connectivity index (χ3n) is 2.75. The summed E-state index contributed by atoms with van der Waals surface area (Å²) in [6.45, 7) is 8.34. The molecule has 0 heteroatoms. The summed E-state index contributed by atoms with van der Waals surface area (Å²) in [5.41, 5.74) is 5.51. The predicted molar refractivity (Wildman–Crippen MR) is 57.9 cm³/mol. The fraction of sp³-hybridized carbons (Fsp3) is 0.385. The van der Waals surface area contributed by atoms with Crippen molar-refractivity contribution >= 4 is 5.57 Å². The van der Waals surface area contributed by atoms with Crippen LogP contribution in [0, 0.1) is 6.92 Å². The number of allylic oxidation sites excluding steroid dienone is 1. The molecule has 1 saturated carbocycles. The average molecular weight is 172 g/mol. The van der Waals surface area contributed by atoms with E-state index in [1.54, 1.807) is 0 Å². The molecule has 0 N–H and O–H groups in total. The third kappa shape index (κ3) is 1.53. The van der Waals surface area contributed by atoms with Gasteiger partial charge in [-0.1, -0.05) is 30.4 Å². The second-order valence-corrected chi connectivity index (χ2v) is 4.09. The molecule has 68 valence electrons. The Balaban J connectivity index is 2.53. The second-order valence-electron chi connectivity index (χ2n) is 4.09. The van der Waals surface area contributed by atoms with E-state index in [2.05, 4.69) is 38.6 Å². The van der Waals surface area contributed by atoms with E-state index < -0.39 is 0 Å². The Morgan fingerprint density at radius 2 is 2.08 bits per heavy atom. The van der Waals surface area contributed by atoms with Crippen LogP contribution in [0.4, 0.5) is 0 Å². The van der Waals surface area contributed by atoms with Crippen molar-refractivity contribution in [2.75, 3.05) is 0 Å². The standard InChI is InChI=1S/C13H16/c1-9(2)13-10(3)5-4-6-12(13)11-7-8-11/h4-6,11H,1,7-8H2,2-3H3. The van der Waals surface area contributed by atoms with Gasteiger partial charge in [0.2, 0.25) is 0 Å². The van der Waals surface area contributed by atoms with Crippen LogP contribution in [-0.4, -0.2) is 0 Å². The highest BCUT2D eigenvalue weighted by molar-refractivity contribution is 5.68. The SMILES string of the molecule is C=C(C)c1c(C)cccc1C1CC1. The molecular formula is C13H16. The van der Waals surface area contributed by atoms with Crippen molar-refractivity contribution < 1.29 is 0 Å². The first kappa shape index (κ1) is 8.55. The maximum Gasteiger partial charge on any atom is -0.0155 e. The van der Waals surface area contributed by atoms with Gasteiger partial charge in [-0.05, 0) is 49.3 Å². The van der Waals surface area contributed by atoms with Crippen molar-refractivity contribution in [2.24, 2.45) is 0 Å². The molecule has 0 amide bonds. The first-order valence-electron chi connectivity index (χ1n) is 4.95. The summed E-state index contributed by atoms with van der Waals surface area (Å²) in [6, 6.07) is 6.60. The highest BCUT2D eigenvalue weighted by Gasteiger charge is 2.26. The van der Waals surface area contributed by atoms with Gasteiger partial charge in [0, 0.05) is 0 Å². The first-order valence-corrected chi connectivity index (χ1v) is 4.95. The predicted octanol–water partition coefficient (Wildman–Crippen LogP) is 3.91. The van der Waals surface area contributed by atoms with Crippen LogP contribution in [0.1, 0.15) is 42.4 Å². The molecule has 0 bridgehead atoms. The fourth-order valence-corrected chi connectivity index (χ4v) is 2.01. The lowest BCUT2D eigenvalue weighted by Gasteiger charge is -2.11. The van der Waals surface area contributed by atoms with Gasteiger partial charge in [0.1, 0.15) is 0 Å². The Morgan fingerprint density at radius 3 is 2.62 bits per heavy atom. The molecule has 1 aliphatic rings. The van der Waals surface area contributed by atoms with Gasteiger partial charge < -0.3 is 0 Å². The highest BCUT2D eigenvalue weighted by Crippen LogP contribution is 2.43. The second kappa shape index (κ2) is 3.02. The summed E-state index contributed by atoms with van der Waals surface area (Å²) in [6.07, 6.45) is 2.73. The van der Waals surface area contributed by atoms with Crippen LogP contribution >= 0.6 is 0 Å². The number of hydrogen-bond acceptors (Lipinski definition) is 0. The molecule has 1 aliphatic carbocycles. The maximum absolute atomic E-state index is 4.06. The molecule has 0 atom stereocenters. The summed E-state index contributed by atoms with van der Waals surface area (Å²) in [4.78, 5) is 0. The highest BCUT2D eigenvalue weighted by atomic mass is 14.3. The third-order valence-corrected chi connectivity index (χ3v) is 2.75. The van der Waals surface area contributed by atoms with E-state index in [0.29, 0.717) is 0 Å². The van der Waals surface area contributed by atoms with Crippen LogP contribution in [0.2, 0.25) is 0 Å². The maximum atomic E-state index is 4.06. The molecule has 0 nitrogen and oxygen atoms in total. The zero-order chi connectivity index (χ0) is 9.42. The smallest absolute Gasteiger partial charge is 0.0155 e.